The van der Waals surface area contributed by atoms with Crippen LogP contribution < -0.4 is 9.64 Å². The Kier molecular flexibility index (Phi) is 7.48. The van der Waals surface area contributed by atoms with Crippen LogP contribution in [0, 0.1) is 0 Å². The largest absolute Gasteiger partial charge is 0.461 e. The molecule has 0 N–H and O–H groups in total. The van der Waals surface area contributed by atoms with Gasteiger partial charge < -0.3 is 14.4 Å². The highest BCUT2D eigenvalue weighted by Crippen LogP contribution is 2.46. The quantitative estimate of drug-likeness (QED) is 0.337. The van der Waals surface area contributed by atoms with Gasteiger partial charge in [-0.1, -0.05) is 11.6 Å². The molecule has 2 unspecified atom stereocenters. The minimum Gasteiger partial charge on any atom is -0.461 e. The molecule has 5 heterocycles. The van der Waals surface area contributed by atoms with E-state index >= 15 is 0 Å². The van der Waals surface area contributed by atoms with Gasteiger partial charge in [0.25, 0.3) is 0 Å². The normalized spacial score (nSPS) is 28.1. The molecule has 0 aliphatic carbocycles. The maximum atomic E-state index is 14.3. The number of hydrogen-bond acceptors (Lipinski definition) is 7. The van der Waals surface area contributed by atoms with Crippen molar-refractivity contribution in [1.29, 1.82) is 0 Å². The number of amides is 1. The van der Waals surface area contributed by atoms with Crippen molar-refractivity contribution in [2.24, 2.45) is 0 Å². The van der Waals surface area contributed by atoms with Gasteiger partial charge in [0.2, 0.25) is 0 Å². The molecule has 4 aliphatic rings. The zero-order valence-corrected chi connectivity index (χ0v) is 26.0. The Morgan fingerprint density at radius 1 is 1.17 bits per heavy atom. The van der Waals surface area contributed by atoms with Crippen LogP contribution in [0.4, 0.5) is 28.2 Å². The second-order valence-corrected chi connectivity index (χ2v) is 14.0. The highest BCUT2D eigenvalue weighted by atomic mass is 79.9. The molecule has 14 heteroatoms. The van der Waals surface area contributed by atoms with Gasteiger partial charge in [-0.3, -0.25) is 9.80 Å². The molecule has 42 heavy (non-hydrogen) atoms. The summed E-state index contributed by atoms with van der Waals surface area (Å²) in [4.78, 5) is 27.8. The Hall–Kier alpha value is -2.12. The molecule has 2 bridgehead atoms. The molecule has 2 aromatic rings. The van der Waals surface area contributed by atoms with Crippen molar-refractivity contribution in [3.8, 4) is 6.01 Å². The summed E-state index contributed by atoms with van der Waals surface area (Å²) in [5.41, 5.74) is -1.93. The summed E-state index contributed by atoms with van der Waals surface area (Å²) in [7, 11) is 0. The van der Waals surface area contributed by atoms with Crippen LogP contribution in [0.5, 0.6) is 6.01 Å². The molecule has 4 fully saturated rings. The number of benzene rings is 1. The van der Waals surface area contributed by atoms with Crippen LogP contribution in [0.3, 0.4) is 0 Å². The van der Waals surface area contributed by atoms with Crippen molar-refractivity contribution in [3.63, 3.8) is 0 Å². The summed E-state index contributed by atoms with van der Waals surface area (Å²) in [6, 6.07) is 0.574. The average molecular weight is 679 g/mol. The van der Waals surface area contributed by atoms with Crippen LogP contribution in [-0.4, -0.2) is 88.0 Å². The molecule has 6 rings (SSSR count). The number of anilines is 1. The number of fused-ring (bicyclic) bond motifs is 4. The summed E-state index contributed by atoms with van der Waals surface area (Å²) in [6.45, 7) is 7.42. The molecule has 1 aromatic heterocycles. The Morgan fingerprint density at radius 3 is 2.50 bits per heavy atom. The van der Waals surface area contributed by atoms with E-state index in [1.165, 1.54) is 0 Å². The van der Waals surface area contributed by atoms with Crippen LogP contribution in [0.1, 0.15) is 58.4 Å². The Bertz CT molecular complexity index is 1390. The first-order valence-electron chi connectivity index (χ1n) is 14.2. The lowest BCUT2D eigenvalue weighted by Crippen LogP contribution is -2.57. The zero-order chi connectivity index (χ0) is 30.2. The first-order chi connectivity index (χ1) is 19.6. The molecule has 0 spiro atoms. The SMILES string of the molecule is CC(C)(C)OC(=O)N1C2CCC1CN(c1nc(OC[C@]34CCCN3C[C@@H](F)C4)nc3c(Cl)c(Br)c(C(F)(F)F)cc13)C2. The first kappa shape index (κ1) is 29.9. The third kappa shape index (κ3) is 5.38. The maximum Gasteiger partial charge on any atom is 0.417 e. The van der Waals surface area contributed by atoms with Gasteiger partial charge in [-0.15, -0.1) is 0 Å². The number of hydrogen-bond donors (Lipinski definition) is 0. The fourth-order valence-electron chi connectivity index (χ4n) is 7.02. The van der Waals surface area contributed by atoms with E-state index in [4.69, 9.17) is 21.1 Å². The molecule has 4 atom stereocenters. The van der Waals surface area contributed by atoms with E-state index in [1.807, 2.05) is 4.90 Å². The van der Waals surface area contributed by atoms with Gasteiger partial charge in [0.15, 0.2) is 0 Å². The predicted octanol–water partition coefficient (Wildman–Crippen LogP) is 6.61. The lowest BCUT2D eigenvalue weighted by Gasteiger charge is -2.42. The highest BCUT2D eigenvalue weighted by Gasteiger charge is 2.50. The van der Waals surface area contributed by atoms with Crippen molar-refractivity contribution in [2.45, 2.75) is 88.4 Å². The molecular weight excluding hydrogens is 646 g/mol. The summed E-state index contributed by atoms with van der Waals surface area (Å²) >= 11 is 9.53. The standard InChI is InChI=1S/C28H33BrClF4N5O3/c1-26(2,3)42-25(40)39-16-5-6-17(39)13-37(12-16)23-18-9-19(28(32,33)34)20(29)21(30)22(18)35-24(36-23)41-14-27-7-4-8-38(27)11-15(31)10-27/h9,15-17H,4-8,10-14H2,1-3H3/t15-,16?,17?,27+/m0/s1. The van der Waals surface area contributed by atoms with Gasteiger partial charge in [0.1, 0.15) is 24.2 Å². The fourth-order valence-corrected chi connectivity index (χ4v) is 7.79. The van der Waals surface area contributed by atoms with Crippen LogP contribution in [0.25, 0.3) is 10.9 Å². The number of piperazine rings is 1. The number of rotatable bonds is 4. The van der Waals surface area contributed by atoms with E-state index in [1.54, 1.807) is 25.7 Å². The molecule has 1 amide bonds. The van der Waals surface area contributed by atoms with Gasteiger partial charge in [0, 0.05) is 31.4 Å². The fraction of sp³-hybridized carbons (Fsp3) is 0.679. The Balaban J connectivity index is 1.37. The second kappa shape index (κ2) is 10.5. The maximum absolute atomic E-state index is 14.3. The number of aromatic nitrogens is 2. The monoisotopic (exact) mass is 677 g/mol. The van der Waals surface area contributed by atoms with Crippen LogP contribution in [-0.2, 0) is 10.9 Å². The first-order valence-corrected chi connectivity index (χ1v) is 15.4. The van der Waals surface area contributed by atoms with E-state index in [0.717, 1.165) is 38.3 Å². The third-order valence-electron chi connectivity index (χ3n) is 8.75. The van der Waals surface area contributed by atoms with Crippen LogP contribution >= 0.6 is 27.5 Å². The minimum atomic E-state index is -4.67. The smallest absolute Gasteiger partial charge is 0.417 e. The summed E-state index contributed by atoms with van der Waals surface area (Å²) in [5, 5.41) is -0.0626. The predicted molar refractivity (Wildman–Crippen MR) is 153 cm³/mol. The van der Waals surface area contributed by atoms with Gasteiger partial charge in [-0.2, -0.15) is 23.1 Å². The molecule has 230 valence electrons. The van der Waals surface area contributed by atoms with Gasteiger partial charge in [-0.25, -0.2) is 9.18 Å². The lowest BCUT2D eigenvalue weighted by atomic mass is 9.95. The summed E-state index contributed by atoms with van der Waals surface area (Å²) in [6.07, 6.45) is -2.48. The molecule has 4 saturated heterocycles. The van der Waals surface area contributed by atoms with Crippen molar-refractivity contribution in [3.05, 3.63) is 21.1 Å². The van der Waals surface area contributed by atoms with E-state index in [9.17, 15) is 22.4 Å². The topological polar surface area (TPSA) is 71.0 Å². The minimum absolute atomic E-state index is 0.0310. The van der Waals surface area contributed by atoms with Crippen molar-refractivity contribution < 1.29 is 31.8 Å². The lowest BCUT2D eigenvalue weighted by molar-refractivity contribution is -0.138. The summed E-state index contributed by atoms with van der Waals surface area (Å²) < 4.78 is 67.8. The highest BCUT2D eigenvalue weighted by molar-refractivity contribution is 9.10. The number of carbonyl (C=O) groups excluding carboxylic acids is 1. The second-order valence-electron chi connectivity index (χ2n) is 12.8. The van der Waals surface area contributed by atoms with Crippen LogP contribution in [0.2, 0.25) is 5.02 Å². The van der Waals surface area contributed by atoms with E-state index in [2.05, 4.69) is 30.8 Å². The van der Waals surface area contributed by atoms with Gasteiger partial charge >= 0.3 is 18.3 Å². The molecular formula is C28H33BrClF4N5O3. The molecule has 1 aromatic carbocycles. The molecule has 0 saturated carbocycles. The van der Waals surface area contributed by atoms with Gasteiger partial charge in [-0.05, 0) is 75.0 Å². The number of carbonyl (C=O) groups is 1. The third-order valence-corrected chi connectivity index (χ3v) is 10.2. The molecule has 4 aliphatic heterocycles. The van der Waals surface area contributed by atoms with Crippen LogP contribution in [0.15, 0.2) is 10.5 Å². The van der Waals surface area contributed by atoms with E-state index in [-0.39, 0.29) is 50.9 Å². The van der Waals surface area contributed by atoms with E-state index < -0.39 is 35.1 Å². The zero-order valence-electron chi connectivity index (χ0n) is 23.6. The summed E-state index contributed by atoms with van der Waals surface area (Å²) in [5.74, 6) is 0.256. The van der Waals surface area contributed by atoms with Crippen molar-refractivity contribution in [2.75, 3.05) is 37.7 Å². The molecule has 0 radical (unpaired) electrons. The Morgan fingerprint density at radius 2 is 1.86 bits per heavy atom. The molecule has 8 nitrogen and oxygen atoms in total. The number of nitrogens with zero attached hydrogens (tertiary/aromatic N) is 5. The van der Waals surface area contributed by atoms with Crippen molar-refractivity contribution in [1.82, 2.24) is 19.8 Å². The van der Waals surface area contributed by atoms with E-state index in [0.29, 0.717) is 26.1 Å². The average Bonchev–Trinajstić information content (AvgIpc) is 3.50. The number of ether oxygens (including phenoxy) is 2. The van der Waals surface area contributed by atoms with Gasteiger partial charge in [0.05, 0.1) is 38.2 Å². The number of halogens is 6. The Labute approximate surface area is 254 Å². The number of alkyl halides is 4. The van der Waals surface area contributed by atoms with Crippen molar-refractivity contribution >= 4 is 50.3 Å².